The third-order valence-corrected chi connectivity index (χ3v) is 10.3. The van der Waals surface area contributed by atoms with Crippen LogP contribution in [0.4, 0.5) is 4.79 Å². The average Bonchev–Trinajstić information content (AvgIpc) is 3.56. The normalized spacial score (nSPS) is 12.3. The van der Waals surface area contributed by atoms with E-state index < -0.39 is 0 Å². The van der Waals surface area contributed by atoms with Crippen LogP contribution in [0.15, 0.2) is 0 Å². The fourth-order valence-corrected chi connectivity index (χ4v) is 6.99. The van der Waals surface area contributed by atoms with Gasteiger partial charge in [-0.2, -0.15) is 0 Å². The molecular weight excluding hydrogens is 649 g/mol. The minimum atomic E-state index is -0.250. The van der Waals surface area contributed by atoms with Crippen molar-refractivity contribution in [1.82, 2.24) is 9.80 Å². The van der Waals surface area contributed by atoms with E-state index in [1.54, 1.807) is 0 Å². The molecule has 0 aromatic carbocycles. The molecule has 1 amide bonds. The third kappa shape index (κ3) is 42.8. The molecule has 1 saturated heterocycles. The average molecular weight is 739 g/mol. The Morgan fingerprint density at radius 1 is 0.519 bits per heavy atom. The van der Waals surface area contributed by atoms with Crippen molar-refractivity contribution < 1.29 is 24.2 Å². The van der Waals surface area contributed by atoms with Gasteiger partial charge in [0.25, 0.3) is 6.47 Å². The lowest BCUT2D eigenvalue weighted by molar-refractivity contribution is -0.122. The van der Waals surface area contributed by atoms with Gasteiger partial charge in [0.15, 0.2) is 0 Å². The summed E-state index contributed by atoms with van der Waals surface area (Å²) in [5.41, 5.74) is 0. The summed E-state index contributed by atoms with van der Waals surface area (Å²) >= 11 is 0. The Kier molecular flexibility index (Phi) is 47.8. The molecule has 0 spiro atoms. The lowest BCUT2D eigenvalue weighted by atomic mass is 10.0. The fraction of sp³-hybridized carbons (Fsp3) is 0.933. The molecule has 7 nitrogen and oxygen atoms in total. The van der Waals surface area contributed by atoms with Crippen molar-refractivity contribution in [3.8, 4) is 0 Å². The number of aldehydes is 1. The van der Waals surface area contributed by atoms with Crippen LogP contribution in [0.1, 0.15) is 233 Å². The maximum Gasteiger partial charge on any atom is 0.409 e. The van der Waals surface area contributed by atoms with Crippen molar-refractivity contribution in [2.24, 2.45) is 0 Å². The summed E-state index contributed by atoms with van der Waals surface area (Å²) in [5.74, 6) is 0. The zero-order valence-electron chi connectivity index (χ0n) is 35.2. The molecule has 1 rings (SSSR count). The monoisotopic (exact) mass is 739 g/mol. The Balaban J connectivity index is 0. The summed E-state index contributed by atoms with van der Waals surface area (Å²) < 4.78 is 5.11. The SMILES string of the molecule is CCCCCCC=O.CCCCCCCCCCCCCCCCN(CCCCCCCCCCCCCCC)CCCN1CCOC1=O.O=CO. The molecule has 1 N–H and O–H groups in total. The quantitative estimate of drug-likeness (QED) is 0.0501. The molecule has 0 radical (unpaired) electrons. The van der Waals surface area contributed by atoms with Crippen LogP contribution in [-0.2, 0) is 14.3 Å². The van der Waals surface area contributed by atoms with Crippen molar-refractivity contribution >= 4 is 18.9 Å². The summed E-state index contributed by atoms with van der Waals surface area (Å²) in [7, 11) is 0. The topological polar surface area (TPSA) is 87.2 Å². The van der Waals surface area contributed by atoms with Gasteiger partial charge in [0.05, 0.1) is 6.54 Å². The smallest absolute Gasteiger partial charge is 0.409 e. The third-order valence-electron chi connectivity index (χ3n) is 10.3. The van der Waals surface area contributed by atoms with Crippen LogP contribution in [0.3, 0.4) is 0 Å². The van der Waals surface area contributed by atoms with E-state index in [9.17, 15) is 9.59 Å². The number of nitrogens with zero attached hydrogens (tertiary/aromatic N) is 2. The molecule has 1 heterocycles. The van der Waals surface area contributed by atoms with Gasteiger partial charge in [0.1, 0.15) is 12.9 Å². The van der Waals surface area contributed by atoms with Crippen LogP contribution < -0.4 is 0 Å². The van der Waals surface area contributed by atoms with E-state index in [1.165, 1.54) is 206 Å². The van der Waals surface area contributed by atoms with Crippen LogP contribution in [-0.4, -0.2) is 73.1 Å². The van der Waals surface area contributed by atoms with Gasteiger partial charge >= 0.3 is 6.09 Å². The molecule has 0 bridgehead atoms. The van der Waals surface area contributed by atoms with E-state index in [4.69, 9.17) is 14.6 Å². The standard InChI is InChI=1S/C37H74N2O2.C7H14O.CH2O2/c1-3-5-7-9-11-13-15-17-19-21-23-25-27-29-32-38(33-30-34-39-35-36-41-37(39)40)31-28-26-24-22-20-18-16-14-12-10-8-6-4-2;1-2-3-4-5-6-7-8;2-1-3/h3-36H2,1-2H3;7H,2-6H2,1H3;1H,(H,2,3). The van der Waals surface area contributed by atoms with Crippen LogP contribution in [0.25, 0.3) is 0 Å². The molecule has 1 fully saturated rings. The maximum atomic E-state index is 11.8. The number of rotatable bonds is 38. The van der Waals surface area contributed by atoms with Gasteiger partial charge in [-0.3, -0.25) is 4.79 Å². The first-order valence-corrected chi connectivity index (χ1v) is 22.8. The molecule has 0 saturated carbocycles. The molecular formula is C45H90N2O5. The van der Waals surface area contributed by atoms with Crippen LogP contribution in [0.2, 0.25) is 0 Å². The number of carboxylic acid groups (broad SMARTS) is 1. The summed E-state index contributed by atoms with van der Waals surface area (Å²) in [6.07, 6.45) is 45.9. The minimum absolute atomic E-state index is 0.111. The van der Waals surface area contributed by atoms with Gasteiger partial charge in [-0.1, -0.05) is 201 Å². The highest BCUT2D eigenvalue weighted by Crippen LogP contribution is 2.15. The number of hydrogen-bond donors (Lipinski definition) is 1. The highest BCUT2D eigenvalue weighted by atomic mass is 16.6. The number of carbonyl (C=O) groups excluding carboxylic acids is 2. The van der Waals surface area contributed by atoms with Crippen molar-refractivity contribution in [2.45, 2.75) is 233 Å². The first-order valence-electron chi connectivity index (χ1n) is 22.8. The minimum Gasteiger partial charge on any atom is -0.483 e. The van der Waals surface area contributed by atoms with Crippen molar-refractivity contribution in [3.05, 3.63) is 0 Å². The van der Waals surface area contributed by atoms with E-state index in [0.29, 0.717) is 6.61 Å². The van der Waals surface area contributed by atoms with Crippen LogP contribution in [0, 0.1) is 0 Å². The molecule has 1 aliphatic rings. The van der Waals surface area contributed by atoms with E-state index in [0.717, 1.165) is 45.2 Å². The number of carbonyl (C=O) groups is 3. The predicted molar refractivity (Wildman–Crippen MR) is 224 cm³/mol. The second-order valence-electron chi connectivity index (χ2n) is 15.3. The van der Waals surface area contributed by atoms with Gasteiger partial charge in [-0.25, -0.2) is 4.79 Å². The highest BCUT2D eigenvalue weighted by Gasteiger charge is 2.21. The van der Waals surface area contributed by atoms with Gasteiger partial charge in [-0.05, 0) is 45.3 Å². The largest absolute Gasteiger partial charge is 0.483 e. The fourth-order valence-electron chi connectivity index (χ4n) is 6.99. The van der Waals surface area contributed by atoms with Gasteiger partial charge < -0.3 is 24.4 Å². The van der Waals surface area contributed by atoms with Crippen molar-refractivity contribution in [3.63, 3.8) is 0 Å². The molecule has 7 heteroatoms. The first kappa shape index (κ1) is 52.5. The number of unbranched alkanes of at least 4 members (excludes halogenated alkanes) is 29. The first-order chi connectivity index (χ1) is 25.6. The molecule has 0 unspecified atom stereocenters. The van der Waals surface area contributed by atoms with Gasteiger partial charge in [0, 0.05) is 13.0 Å². The Morgan fingerprint density at radius 3 is 1.13 bits per heavy atom. The molecule has 1 aliphatic heterocycles. The Hall–Kier alpha value is -1.63. The molecule has 0 aromatic heterocycles. The lowest BCUT2D eigenvalue weighted by Crippen LogP contribution is -2.32. The number of ether oxygens (including phenoxy) is 1. The van der Waals surface area contributed by atoms with Crippen molar-refractivity contribution in [2.75, 3.05) is 39.3 Å². The summed E-state index contributed by atoms with van der Waals surface area (Å²) in [4.78, 5) is 34.5. The highest BCUT2D eigenvalue weighted by molar-refractivity contribution is 5.69. The number of cyclic esters (lactones) is 1. The summed E-state index contributed by atoms with van der Waals surface area (Å²) in [5, 5.41) is 6.89. The zero-order chi connectivity index (χ0) is 38.4. The molecule has 0 aliphatic carbocycles. The second kappa shape index (κ2) is 47.4. The Morgan fingerprint density at radius 2 is 0.827 bits per heavy atom. The van der Waals surface area contributed by atoms with E-state index >= 15 is 0 Å². The molecule has 0 atom stereocenters. The number of amides is 1. The molecule has 52 heavy (non-hydrogen) atoms. The predicted octanol–water partition coefficient (Wildman–Crippen LogP) is 13.6. The summed E-state index contributed by atoms with van der Waals surface area (Å²) in [6.45, 7) is 12.3. The lowest BCUT2D eigenvalue weighted by Gasteiger charge is -2.23. The molecule has 0 aromatic rings. The van der Waals surface area contributed by atoms with E-state index in [2.05, 4.69) is 25.7 Å². The second-order valence-corrected chi connectivity index (χ2v) is 15.3. The van der Waals surface area contributed by atoms with Gasteiger partial charge in [-0.15, -0.1) is 0 Å². The Bertz CT molecular complexity index is 707. The Labute approximate surface area is 324 Å². The number of hydrogen-bond acceptors (Lipinski definition) is 5. The van der Waals surface area contributed by atoms with Crippen LogP contribution in [0.5, 0.6) is 0 Å². The van der Waals surface area contributed by atoms with Crippen molar-refractivity contribution in [1.29, 1.82) is 0 Å². The molecule has 310 valence electrons. The maximum absolute atomic E-state index is 11.8. The van der Waals surface area contributed by atoms with E-state index in [1.807, 2.05) is 4.90 Å². The van der Waals surface area contributed by atoms with E-state index in [-0.39, 0.29) is 12.6 Å². The van der Waals surface area contributed by atoms with Gasteiger partial charge in [0.2, 0.25) is 0 Å². The summed E-state index contributed by atoms with van der Waals surface area (Å²) in [6, 6.07) is 0. The zero-order valence-corrected chi connectivity index (χ0v) is 35.2. The van der Waals surface area contributed by atoms with Crippen LogP contribution >= 0.6 is 0 Å².